The van der Waals surface area contributed by atoms with E-state index in [1.165, 1.54) is 24.1 Å². The predicted molar refractivity (Wildman–Crippen MR) is 92.9 cm³/mol. The number of hydrogen-bond donors (Lipinski definition) is 1. The summed E-state index contributed by atoms with van der Waals surface area (Å²) in [5.74, 6) is -1.62. The fourth-order valence-corrected chi connectivity index (χ4v) is 5.29. The van der Waals surface area contributed by atoms with Crippen molar-refractivity contribution in [2.24, 2.45) is 5.14 Å². The number of benzene rings is 1. The van der Waals surface area contributed by atoms with Crippen molar-refractivity contribution in [1.29, 1.82) is 0 Å². The van der Waals surface area contributed by atoms with Crippen molar-refractivity contribution < 1.29 is 31.2 Å². The van der Waals surface area contributed by atoms with E-state index in [-0.39, 0.29) is 22.1 Å². The molecular formula is C14H17ClN2O7S2. The molecule has 0 unspecified atom stereocenters. The van der Waals surface area contributed by atoms with Crippen LogP contribution in [0.15, 0.2) is 23.1 Å². The van der Waals surface area contributed by atoms with Crippen LogP contribution >= 0.6 is 11.6 Å². The first-order valence-electron chi connectivity index (χ1n) is 7.36. The average molecular weight is 425 g/mol. The van der Waals surface area contributed by atoms with Gasteiger partial charge in [-0.3, -0.25) is 4.79 Å². The molecule has 0 radical (unpaired) electrons. The number of carbonyl (C=O) groups is 2. The fourth-order valence-electron chi connectivity index (χ4n) is 2.45. The van der Waals surface area contributed by atoms with Crippen LogP contribution in [0.1, 0.15) is 16.8 Å². The van der Waals surface area contributed by atoms with Crippen LogP contribution in [-0.2, 0) is 29.4 Å². The molecule has 2 N–H and O–H groups in total. The Morgan fingerprint density at radius 1 is 1.38 bits per heavy atom. The fraction of sp³-hybridized carbons (Fsp3) is 0.429. The first-order chi connectivity index (χ1) is 11.9. The van der Waals surface area contributed by atoms with Crippen LogP contribution in [0.5, 0.6) is 0 Å². The Hall–Kier alpha value is -1.69. The largest absolute Gasteiger partial charge is 0.452 e. The molecule has 2 rings (SSSR count). The quantitative estimate of drug-likeness (QED) is 0.644. The third-order valence-electron chi connectivity index (χ3n) is 3.95. The second-order valence-electron chi connectivity index (χ2n) is 5.83. The normalized spacial score (nSPS) is 19.1. The van der Waals surface area contributed by atoms with Crippen LogP contribution in [0, 0.1) is 0 Å². The molecule has 1 heterocycles. The Morgan fingerprint density at radius 2 is 2.04 bits per heavy atom. The van der Waals surface area contributed by atoms with Crippen LogP contribution < -0.4 is 5.14 Å². The van der Waals surface area contributed by atoms with Crippen LogP contribution in [0.4, 0.5) is 0 Å². The molecule has 1 amide bonds. The highest BCUT2D eigenvalue weighted by Gasteiger charge is 2.33. The minimum absolute atomic E-state index is 0.0101. The molecule has 1 aromatic carbocycles. The lowest BCUT2D eigenvalue weighted by atomic mass is 10.2. The zero-order valence-electron chi connectivity index (χ0n) is 13.7. The number of rotatable bonds is 5. The van der Waals surface area contributed by atoms with E-state index in [1.807, 2.05) is 0 Å². The number of carbonyl (C=O) groups excluding carboxylic acids is 2. The number of hydrogen-bond acceptors (Lipinski definition) is 7. The Bertz CT molecular complexity index is 944. The molecule has 0 saturated carbocycles. The van der Waals surface area contributed by atoms with Crippen LogP contribution in [0.3, 0.4) is 0 Å². The van der Waals surface area contributed by atoms with Gasteiger partial charge < -0.3 is 9.64 Å². The number of nitrogens with zero attached hydrogens (tertiary/aromatic N) is 1. The van der Waals surface area contributed by atoms with Crippen molar-refractivity contribution in [3.05, 3.63) is 28.8 Å². The van der Waals surface area contributed by atoms with Gasteiger partial charge in [0.25, 0.3) is 5.91 Å². The molecule has 0 spiro atoms. The third-order valence-corrected chi connectivity index (χ3v) is 7.09. The molecule has 0 aromatic heterocycles. The van der Waals surface area contributed by atoms with E-state index in [0.717, 1.165) is 6.07 Å². The van der Waals surface area contributed by atoms with Crippen molar-refractivity contribution in [3.8, 4) is 0 Å². The first-order valence-corrected chi connectivity index (χ1v) is 11.1. The lowest BCUT2D eigenvalue weighted by molar-refractivity contribution is -0.134. The summed E-state index contributed by atoms with van der Waals surface area (Å²) in [6.07, 6.45) is 0.327. The minimum atomic E-state index is -4.13. The summed E-state index contributed by atoms with van der Waals surface area (Å²) in [6.45, 7) is -0.612. The summed E-state index contributed by atoms with van der Waals surface area (Å²) in [6, 6.07) is 2.90. The van der Waals surface area contributed by atoms with Crippen molar-refractivity contribution in [1.82, 2.24) is 4.90 Å². The highest BCUT2D eigenvalue weighted by atomic mass is 35.5. The molecule has 0 bridgehead atoms. The van der Waals surface area contributed by atoms with E-state index in [4.69, 9.17) is 21.5 Å². The van der Waals surface area contributed by atoms with E-state index in [1.54, 1.807) is 0 Å². The second kappa shape index (κ2) is 7.51. The maximum Gasteiger partial charge on any atom is 0.338 e. The number of primary sulfonamides is 1. The number of nitrogens with two attached hydrogens (primary N) is 1. The lowest BCUT2D eigenvalue weighted by Gasteiger charge is -2.23. The number of esters is 1. The number of sulfonamides is 1. The van der Waals surface area contributed by atoms with Crippen molar-refractivity contribution in [2.75, 3.05) is 25.2 Å². The van der Waals surface area contributed by atoms with Gasteiger partial charge in [-0.2, -0.15) is 0 Å². The standard InChI is InChI=1S/C14H17ClN2O7S2/c1-17(10-4-5-25(20,21)8-10)13(18)7-24-14(19)9-2-3-11(15)12(6-9)26(16,22)23/h2-3,6,10H,4-5,7-8H2,1H3,(H2,16,22,23)/t10-/m1/s1. The highest BCUT2D eigenvalue weighted by molar-refractivity contribution is 7.91. The molecule has 9 nitrogen and oxygen atoms in total. The topological polar surface area (TPSA) is 141 Å². The third kappa shape index (κ3) is 4.93. The molecule has 1 atom stereocenters. The summed E-state index contributed by atoms with van der Waals surface area (Å²) < 4.78 is 50.6. The lowest BCUT2D eigenvalue weighted by Crippen LogP contribution is -2.40. The van der Waals surface area contributed by atoms with Gasteiger partial charge in [0.15, 0.2) is 16.4 Å². The number of ether oxygens (including phenoxy) is 1. The Kier molecular flexibility index (Phi) is 5.95. The second-order valence-corrected chi connectivity index (χ2v) is 9.99. The number of likely N-dealkylation sites (N-methyl/N-ethyl adjacent to an activating group) is 1. The monoisotopic (exact) mass is 424 g/mol. The van der Waals surface area contributed by atoms with Gasteiger partial charge in [0.05, 0.1) is 22.1 Å². The van der Waals surface area contributed by atoms with Crippen LogP contribution in [0.2, 0.25) is 5.02 Å². The SMILES string of the molecule is CN(C(=O)COC(=O)c1ccc(Cl)c(S(N)(=O)=O)c1)[C@@H]1CCS(=O)(=O)C1. The summed E-state index contributed by atoms with van der Waals surface area (Å²) in [5.41, 5.74) is -0.141. The molecule has 0 aliphatic carbocycles. The van der Waals surface area contributed by atoms with E-state index in [9.17, 15) is 26.4 Å². The Balaban J connectivity index is 2.01. The molecule has 12 heteroatoms. The number of amides is 1. The van der Waals surface area contributed by atoms with Gasteiger partial charge in [0, 0.05) is 13.1 Å². The summed E-state index contributed by atoms with van der Waals surface area (Å²) in [5, 5.41) is 4.86. The van der Waals surface area contributed by atoms with Gasteiger partial charge in [-0.05, 0) is 24.6 Å². The molecule has 26 heavy (non-hydrogen) atoms. The van der Waals surface area contributed by atoms with E-state index < -0.39 is 49.3 Å². The number of sulfone groups is 1. The summed E-state index contributed by atoms with van der Waals surface area (Å²) >= 11 is 5.73. The minimum Gasteiger partial charge on any atom is -0.452 e. The predicted octanol–water partition coefficient (Wildman–Crippen LogP) is -0.210. The summed E-state index contributed by atoms with van der Waals surface area (Å²) in [7, 11) is -5.85. The smallest absolute Gasteiger partial charge is 0.338 e. The summed E-state index contributed by atoms with van der Waals surface area (Å²) in [4.78, 5) is 24.9. The zero-order valence-corrected chi connectivity index (χ0v) is 16.1. The molecule has 144 valence electrons. The molecule has 1 saturated heterocycles. The average Bonchev–Trinajstić information content (AvgIpc) is 2.90. The van der Waals surface area contributed by atoms with Gasteiger partial charge >= 0.3 is 5.97 Å². The van der Waals surface area contributed by atoms with Gasteiger partial charge in [0.1, 0.15) is 4.90 Å². The van der Waals surface area contributed by atoms with E-state index in [0.29, 0.717) is 6.42 Å². The van der Waals surface area contributed by atoms with Crippen LogP contribution in [0.25, 0.3) is 0 Å². The molecule has 1 aromatic rings. The van der Waals surface area contributed by atoms with Crippen molar-refractivity contribution in [3.63, 3.8) is 0 Å². The van der Waals surface area contributed by atoms with E-state index >= 15 is 0 Å². The van der Waals surface area contributed by atoms with Gasteiger partial charge in [-0.1, -0.05) is 11.6 Å². The van der Waals surface area contributed by atoms with Crippen LogP contribution in [-0.4, -0.2) is 64.8 Å². The highest BCUT2D eigenvalue weighted by Crippen LogP contribution is 2.22. The van der Waals surface area contributed by atoms with E-state index in [2.05, 4.69) is 0 Å². The molecular weight excluding hydrogens is 408 g/mol. The Morgan fingerprint density at radius 3 is 2.58 bits per heavy atom. The molecule has 1 fully saturated rings. The number of halogens is 1. The van der Waals surface area contributed by atoms with Gasteiger partial charge in [0.2, 0.25) is 10.0 Å². The molecule has 1 aliphatic heterocycles. The van der Waals surface area contributed by atoms with Crippen molar-refractivity contribution in [2.45, 2.75) is 17.4 Å². The first kappa shape index (κ1) is 20.6. The maximum absolute atomic E-state index is 12.1. The van der Waals surface area contributed by atoms with Gasteiger partial charge in [-0.25, -0.2) is 26.8 Å². The van der Waals surface area contributed by atoms with Gasteiger partial charge in [-0.15, -0.1) is 0 Å². The molecule has 1 aliphatic rings. The Labute approximate surface area is 156 Å². The zero-order chi connectivity index (χ0) is 19.7. The maximum atomic E-state index is 12.1. The van der Waals surface area contributed by atoms with Crippen molar-refractivity contribution >= 4 is 43.3 Å².